The standard InChI is InChI=1S/C13H17N3O/c1-8(2)5-6-16-10(4)9(3)11-7-14-15-13(17)12(11)16/h5,7H,6H2,1-4H3,(H,15,17). The topological polar surface area (TPSA) is 50.7 Å². The van der Waals surface area contributed by atoms with Crippen molar-refractivity contribution in [3.8, 4) is 0 Å². The van der Waals surface area contributed by atoms with Crippen LogP contribution >= 0.6 is 0 Å². The Morgan fingerprint density at radius 3 is 2.82 bits per heavy atom. The molecule has 0 spiro atoms. The molecule has 0 radical (unpaired) electrons. The number of allylic oxidation sites excluding steroid dienone is 2. The molecule has 0 aliphatic carbocycles. The fraction of sp³-hybridized carbons (Fsp3) is 0.385. The van der Waals surface area contributed by atoms with Gasteiger partial charge in [0.2, 0.25) is 0 Å². The third-order valence-corrected chi connectivity index (χ3v) is 3.13. The van der Waals surface area contributed by atoms with E-state index in [0.717, 1.165) is 23.2 Å². The van der Waals surface area contributed by atoms with Gasteiger partial charge in [-0.15, -0.1) is 0 Å². The second-order valence-corrected chi connectivity index (χ2v) is 4.56. The van der Waals surface area contributed by atoms with Crippen LogP contribution in [0.2, 0.25) is 0 Å². The molecule has 0 aromatic carbocycles. The van der Waals surface area contributed by atoms with Gasteiger partial charge in [0.1, 0.15) is 5.52 Å². The van der Waals surface area contributed by atoms with Crippen molar-refractivity contribution in [2.24, 2.45) is 0 Å². The summed E-state index contributed by atoms with van der Waals surface area (Å²) in [7, 11) is 0. The SMILES string of the molecule is CC(C)=CCn1c(C)c(C)c2cn[nH]c(=O)c21. The lowest BCUT2D eigenvalue weighted by Gasteiger charge is -2.04. The van der Waals surface area contributed by atoms with Crippen molar-refractivity contribution in [2.45, 2.75) is 34.2 Å². The van der Waals surface area contributed by atoms with E-state index in [4.69, 9.17) is 0 Å². The summed E-state index contributed by atoms with van der Waals surface area (Å²) in [6.45, 7) is 8.90. The highest BCUT2D eigenvalue weighted by Gasteiger charge is 2.12. The minimum atomic E-state index is -0.124. The summed E-state index contributed by atoms with van der Waals surface area (Å²) in [5.74, 6) is 0. The maximum absolute atomic E-state index is 11.9. The monoisotopic (exact) mass is 231 g/mol. The molecular weight excluding hydrogens is 214 g/mol. The van der Waals surface area contributed by atoms with E-state index in [0.29, 0.717) is 5.52 Å². The van der Waals surface area contributed by atoms with Crippen LogP contribution in [0.4, 0.5) is 0 Å². The van der Waals surface area contributed by atoms with Gasteiger partial charge in [-0.2, -0.15) is 5.10 Å². The van der Waals surface area contributed by atoms with E-state index >= 15 is 0 Å². The van der Waals surface area contributed by atoms with E-state index in [-0.39, 0.29) is 5.56 Å². The lowest BCUT2D eigenvalue weighted by atomic mass is 10.2. The highest BCUT2D eigenvalue weighted by atomic mass is 16.1. The maximum atomic E-state index is 11.9. The van der Waals surface area contributed by atoms with Gasteiger partial charge in [-0.1, -0.05) is 11.6 Å². The van der Waals surface area contributed by atoms with Gasteiger partial charge in [0.25, 0.3) is 5.56 Å². The first-order valence-electron chi connectivity index (χ1n) is 5.68. The summed E-state index contributed by atoms with van der Waals surface area (Å²) in [6, 6.07) is 0. The third-order valence-electron chi connectivity index (χ3n) is 3.13. The largest absolute Gasteiger partial charge is 0.336 e. The van der Waals surface area contributed by atoms with E-state index in [9.17, 15) is 4.79 Å². The molecule has 2 aromatic rings. The first-order chi connectivity index (χ1) is 8.02. The van der Waals surface area contributed by atoms with Gasteiger partial charge >= 0.3 is 0 Å². The number of aromatic amines is 1. The summed E-state index contributed by atoms with van der Waals surface area (Å²) in [6.07, 6.45) is 3.84. The number of nitrogens with one attached hydrogen (secondary N) is 1. The van der Waals surface area contributed by atoms with Crippen LogP contribution in [0.1, 0.15) is 25.1 Å². The molecule has 0 saturated carbocycles. The average Bonchev–Trinajstić information content (AvgIpc) is 2.52. The van der Waals surface area contributed by atoms with Gasteiger partial charge in [0.15, 0.2) is 0 Å². The minimum Gasteiger partial charge on any atom is -0.336 e. The fourth-order valence-electron chi connectivity index (χ4n) is 2.00. The number of H-pyrrole nitrogens is 1. The maximum Gasteiger partial charge on any atom is 0.288 e. The van der Waals surface area contributed by atoms with Gasteiger partial charge in [0, 0.05) is 17.6 Å². The molecule has 0 amide bonds. The van der Waals surface area contributed by atoms with Crippen LogP contribution in [-0.2, 0) is 6.54 Å². The Balaban J connectivity index is 2.74. The van der Waals surface area contributed by atoms with Crippen molar-refractivity contribution < 1.29 is 0 Å². The Morgan fingerprint density at radius 2 is 2.18 bits per heavy atom. The first kappa shape index (κ1) is 11.6. The van der Waals surface area contributed by atoms with Crippen molar-refractivity contribution >= 4 is 10.9 Å². The van der Waals surface area contributed by atoms with Crippen LogP contribution in [0.3, 0.4) is 0 Å². The Bertz CT molecular complexity index is 642. The van der Waals surface area contributed by atoms with Crippen molar-refractivity contribution in [1.82, 2.24) is 14.8 Å². The summed E-state index contributed by atoms with van der Waals surface area (Å²) < 4.78 is 2.04. The molecule has 0 saturated heterocycles. The molecule has 0 aliphatic heterocycles. The van der Waals surface area contributed by atoms with Gasteiger partial charge in [-0.05, 0) is 33.3 Å². The van der Waals surface area contributed by atoms with E-state index in [1.807, 2.05) is 18.4 Å². The average molecular weight is 231 g/mol. The van der Waals surface area contributed by atoms with E-state index in [1.54, 1.807) is 6.20 Å². The number of aromatic nitrogens is 3. The number of nitrogens with zero attached hydrogens (tertiary/aromatic N) is 2. The normalized spacial score (nSPS) is 10.8. The van der Waals surface area contributed by atoms with Crippen LogP contribution in [0.15, 0.2) is 22.6 Å². The van der Waals surface area contributed by atoms with Crippen LogP contribution < -0.4 is 5.56 Å². The van der Waals surface area contributed by atoms with Crippen molar-refractivity contribution in [3.05, 3.63) is 39.5 Å². The van der Waals surface area contributed by atoms with Crippen LogP contribution in [0.25, 0.3) is 10.9 Å². The van der Waals surface area contributed by atoms with Gasteiger partial charge < -0.3 is 4.57 Å². The second kappa shape index (κ2) is 4.20. The predicted octanol–water partition coefficient (Wildman–Crippen LogP) is 2.31. The molecule has 1 N–H and O–H groups in total. The quantitative estimate of drug-likeness (QED) is 0.806. The van der Waals surface area contributed by atoms with Crippen molar-refractivity contribution in [2.75, 3.05) is 0 Å². The van der Waals surface area contributed by atoms with E-state index in [2.05, 4.69) is 30.1 Å². The molecule has 90 valence electrons. The molecular formula is C13H17N3O. The molecule has 4 nitrogen and oxygen atoms in total. The Hall–Kier alpha value is -1.84. The summed E-state index contributed by atoms with van der Waals surface area (Å²) in [5, 5.41) is 7.29. The lowest BCUT2D eigenvalue weighted by Crippen LogP contribution is -2.12. The van der Waals surface area contributed by atoms with Gasteiger partial charge in [-0.25, -0.2) is 5.10 Å². The number of fused-ring (bicyclic) bond motifs is 1. The van der Waals surface area contributed by atoms with E-state index in [1.165, 1.54) is 5.57 Å². The molecule has 0 atom stereocenters. The minimum absolute atomic E-state index is 0.124. The zero-order valence-corrected chi connectivity index (χ0v) is 10.7. The first-order valence-corrected chi connectivity index (χ1v) is 5.68. The number of hydrogen-bond donors (Lipinski definition) is 1. The van der Waals surface area contributed by atoms with E-state index < -0.39 is 0 Å². The molecule has 0 aliphatic rings. The predicted molar refractivity (Wildman–Crippen MR) is 69.3 cm³/mol. The van der Waals surface area contributed by atoms with Crippen LogP contribution in [-0.4, -0.2) is 14.8 Å². The zero-order valence-electron chi connectivity index (χ0n) is 10.7. The molecule has 4 heteroatoms. The van der Waals surface area contributed by atoms with Crippen molar-refractivity contribution in [3.63, 3.8) is 0 Å². The summed E-state index contributed by atoms with van der Waals surface area (Å²) in [5.41, 5.74) is 4.08. The third kappa shape index (κ3) is 1.90. The zero-order chi connectivity index (χ0) is 12.6. The molecule has 17 heavy (non-hydrogen) atoms. The number of aryl methyl sites for hydroxylation is 1. The molecule has 0 unspecified atom stereocenters. The summed E-state index contributed by atoms with van der Waals surface area (Å²) >= 11 is 0. The molecule has 2 heterocycles. The summed E-state index contributed by atoms with van der Waals surface area (Å²) in [4.78, 5) is 11.9. The Morgan fingerprint density at radius 1 is 1.47 bits per heavy atom. The molecule has 0 fully saturated rings. The molecule has 2 aromatic heterocycles. The number of hydrogen-bond acceptors (Lipinski definition) is 2. The molecule has 0 bridgehead atoms. The van der Waals surface area contributed by atoms with Gasteiger partial charge in [-0.3, -0.25) is 4.79 Å². The number of rotatable bonds is 2. The highest BCUT2D eigenvalue weighted by molar-refractivity contribution is 5.83. The Kier molecular flexibility index (Phi) is 2.88. The molecule has 2 rings (SSSR count). The van der Waals surface area contributed by atoms with Crippen LogP contribution in [0, 0.1) is 13.8 Å². The highest BCUT2D eigenvalue weighted by Crippen LogP contribution is 2.21. The van der Waals surface area contributed by atoms with Gasteiger partial charge in [0.05, 0.1) is 6.20 Å². The van der Waals surface area contributed by atoms with Crippen LogP contribution in [0.5, 0.6) is 0 Å². The lowest BCUT2D eigenvalue weighted by molar-refractivity contribution is 0.809. The second-order valence-electron chi connectivity index (χ2n) is 4.56. The fourth-order valence-corrected chi connectivity index (χ4v) is 2.00. The van der Waals surface area contributed by atoms with Crippen molar-refractivity contribution in [1.29, 1.82) is 0 Å². The Labute approximate surface area is 100.0 Å². The smallest absolute Gasteiger partial charge is 0.288 e.